The highest BCUT2D eigenvalue weighted by Crippen LogP contribution is 2.25. The molecular weight excluding hydrogens is 274 g/mol. The number of hydrogen-bond acceptors (Lipinski definition) is 3. The normalized spacial score (nSPS) is 10.4. The molecule has 5 heteroatoms. The first kappa shape index (κ1) is 14.3. The zero-order valence-corrected chi connectivity index (χ0v) is 12.4. The topological polar surface area (TPSA) is 68.0 Å². The van der Waals surface area contributed by atoms with E-state index in [2.05, 4.69) is 10.3 Å². The summed E-state index contributed by atoms with van der Waals surface area (Å²) < 4.78 is 0. The maximum absolute atomic E-state index is 12.3. The number of nitrogen functional groups attached to an aromatic ring is 1. The fraction of sp³-hybridized carbons (Fsp3) is 0.200. The minimum absolute atomic E-state index is 0.243. The maximum Gasteiger partial charge on any atom is 0.256 e. The van der Waals surface area contributed by atoms with Gasteiger partial charge in [-0.15, -0.1) is 0 Å². The molecule has 0 aliphatic rings. The van der Waals surface area contributed by atoms with Crippen LogP contribution in [-0.2, 0) is 0 Å². The Morgan fingerprint density at radius 1 is 1.20 bits per heavy atom. The first-order chi connectivity index (χ1) is 9.40. The lowest BCUT2D eigenvalue weighted by molar-refractivity contribution is 0.102. The van der Waals surface area contributed by atoms with Crippen molar-refractivity contribution in [2.24, 2.45) is 0 Å². The van der Waals surface area contributed by atoms with Crippen LogP contribution in [0.5, 0.6) is 0 Å². The number of aromatic nitrogens is 1. The summed E-state index contributed by atoms with van der Waals surface area (Å²) in [4.78, 5) is 16.3. The molecule has 0 spiro atoms. The van der Waals surface area contributed by atoms with Gasteiger partial charge in [0.15, 0.2) is 5.15 Å². The number of anilines is 2. The van der Waals surface area contributed by atoms with Crippen molar-refractivity contribution in [3.05, 3.63) is 51.8 Å². The molecule has 0 bridgehead atoms. The molecule has 2 aromatic rings. The van der Waals surface area contributed by atoms with Crippen LogP contribution in [0.2, 0.25) is 5.15 Å². The number of benzene rings is 1. The number of nitrogens with one attached hydrogen (secondary N) is 1. The molecule has 20 heavy (non-hydrogen) atoms. The quantitative estimate of drug-likeness (QED) is 0.657. The van der Waals surface area contributed by atoms with Crippen LogP contribution in [0.15, 0.2) is 24.4 Å². The van der Waals surface area contributed by atoms with E-state index in [4.69, 9.17) is 17.3 Å². The summed E-state index contributed by atoms with van der Waals surface area (Å²) >= 11 is 6.01. The number of rotatable bonds is 2. The van der Waals surface area contributed by atoms with Crippen molar-refractivity contribution >= 4 is 28.9 Å². The van der Waals surface area contributed by atoms with Crippen LogP contribution >= 0.6 is 11.6 Å². The number of carbonyl (C=O) groups excluding carboxylic acids is 1. The average Bonchev–Trinajstić information content (AvgIpc) is 2.38. The predicted molar refractivity (Wildman–Crippen MR) is 82.3 cm³/mol. The second-order valence-electron chi connectivity index (χ2n) is 4.77. The fourth-order valence-electron chi connectivity index (χ4n) is 1.97. The minimum Gasteiger partial charge on any atom is -0.398 e. The highest BCUT2D eigenvalue weighted by molar-refractivity contribution is 6.32. The Balaban J connectivity index is 2.36. The Morgan fingerprint density at radius 3 is 2.55 bits per heavy atom. The molecule has 0 fully saturated rings. The summed E-state index contributed by atoms with van der Waals surface area (Å²) in [5, 5.41) is 3.07. The molecule has 1 aromatic carbocycles. The van der Waals surface area contributed by atoms with Crippen molar-refractivity contribution in [3.8, 4) is 0 Å². The number of nitrogens with two attached hydrogens (primary N) is 1. The lowest BCUT2D eigenvalue weighted by atomic mass is 10.0. The molecule has 3 N–H and O–H groups in total. The van der Waals surface area contributed by atoms with Crippen molar-refractivity contribution in [2.75, 3.05) is 11.1 Å². The van der Waals surface area contributed by atoms with Crippen LogP contribution in [0.25, 0.3) is 0 Å². The standard InChI is InChI=1S/C15H16ClN3O/c1-8-4-5-18-14(16)13(8)19-15(20)11-7-12(17)10(3)6-9(11)2/h4-7H,17H2,1-3H3,(H,19,20). The van der Waals surface area contributed by atoms with Crippen LogP contribution in [0.4, 0.5) is 11.4 Å². The highest BCUT2D eigenvalue weighted by Gasteiger charge is 2.14. The minimum atomic E-state index is -0.243. The number of carbonyl (C=O) groups is 1. The van der Waals surface area contributed by atoms with Gasteiger partial charge in [-0.25, -0.2) is 4.98 Å². The largest absolute Gasteiger partial charge is 0.398 e. The number of amides is 1. The van der Waals surface area contributed by atoms with Gasteiger partial charge in [0.05, 0.1) is 5.69 Å². The smallest absolute Gasteiger partial charge is 0.256 e. The Morgan fingerprint density at radius 2 is 1.90 bits per heavy atom. The van der Waals surface area contributed by atoms with E-state index in [0.29, 0.717) is 16.9 Å². The van der Waals surface area contributed by atoms with E-state index in [9.17, 15) is 4.79 Å². The lowest BCUT2D eigenvalue weighted by Gasteiger charge is -2.12. The van der Waals surface area contributed by atoms with Crippen LogP contribution in [0.1, 0.15) is 27.0 Å². The second-order valence-corrected chi connectivity index (χ2v) is 5.13. The van der Waals surface area contributed by atoms with Gasteiger partial charge in [-0.1, -0.05) is 17.7 Å². The van der Waals surface area contributed by atoms with Gasteiger partial charge >= 0.3 is 0 Å². The van der Waals surface area contributed by atoms with Crippen molar-refractivity contribution < 1.29 is 4.79 Å². The van der Waals surface area contributed by atoms with Gasteiger partial charge in [0, 0.05) is 17.4 Å². The van der Waals surface area contributed by atoms with E-state index in [1.54, 1.807) is 18.3 Å². The molecule has 1 heterocycles. The first-order valence-electron chi connectivity index (χ1n) is 6.19. The van der Waals surface area contributed by atoms with Gasteiger partial charge in [0.2, 0.25) is 0 Å². The average molecular weight is 290 g/mol. The molecule has 1 aromatic heterocycles. The number of aryl methyl sites for hydroxylation is 3. The molecule has 0 unspecified atom stereocenters. The lowest BCUT2D eigenvalue weighted by Crippen LogP contribution is -2.15. The third kappa shape index (κ3) is 2.75. The molecule has 4 nitrogen and oxygen atoms in total. The number of hydrogen-bond donors (Lipinski definition) is 2. The van der Waals surface area contributed by atoms with Gasteiger partial charge in [-0.05, 0) is 49.6 Å². The summed E-state index contributed by atoms with van der Waals surface area (Å²) in [6, 6.07) is 5.36. The van der Waals surface area contributed by atoms with E-state index in [0.717, 1.165) is 16.7 Å². The molecule has 0 saturated heterocycles. The third-order valence-electron chi connectivity index (χ3n) is 3.21. The zero-order valence-electron chi connectivity index (χ0n) is 11.6. The van der Waals surface area contributed by atoms with Crippen LogP contribution in [-0.4, -0.2) is 10.9 Å². The Bertz CT molecular complexity index is 663. The van der Waals surface area contributed by atoms with Gasteiger partial charge in [-0.3, -0.25) is 4.79 Å². The maximum atomic E-state index is 12.3. The summed E-state index contributed by atoms with van der Waals surface area (Å²) in [7, 11) is 0. The monoisotopic (exact) mass is 289 g/mol. The summed E-state index contributed by atoms with van der Waals surface area (Å²) in [6.45, 7) is 5.64. The number of nitrogens with zero attached hydrogens (tertiary/aromatic N) is 1. The Hall–Kier alpha value is -2.07. The van der Waals surface area contributed by atoms with Crippen LogP contribution in [0.3, 0.4) is 0 Å². The molecular formula is C15H16ClN3O. The molecule has 104 valence electrons. The van der Waals surface area contributed by atoms with Gasteiger partial charge in [0.1, 0.15) is 0 Å². The van der Waals surface area contributed by atoms with Crippen molar-refractivity contribution in [1.82, 2.24) is 4.98 Å². The SMILES string of the molecule is Cc1cc(C)c(C(=O)Nc2c(C)ccnc2Cl)cc1N. The molecule has 0 aliphatic heterocycles. The van der Waals surface area contributed by atoms with E-state index in [1.807, 2.05) is 26.8 Å². The van der Waals surface area contributed by atoms with Crippen LogP contribution < -0.4 is 11.1 Å². The molecule has 2 rings (SSSR count). The zero-order chi connectivity index (χ0) is 14.9. The van der Waals surface area contributed by atoms with E-state index in [-0.39, 0.29) is 11.1 Å². The van der Waals surface area contributed by atoms with Gasteiger partial charge in [0.25, 0.3) is 5.91 Å². The summed E-state index contributed by atoms with van der Waals surface area (Å²) in [5.74, 6) is -0.243. The van der Waals surface area contributed by atoms with Crippen LogP contribution in [0, 0.1) is 20.8 Å². The third-order valence-corrected chi connectivity index (χ3v) is 3.50. The van der Waals surface area contributed by atoms with E-state index < -0.39 is 0 Å². The fourth-order valence-corrected chi connectivity index (χ4v) is 2.22. The van der Waals surface area contributed by atoms with Gasteiger partial charge < -0.3 is 11.1 Å². The second kappa shape index (κ2) is 5.51. The van der Waals surface area contributed by atoms with E-state index in [1.165, 1.54) is 0 Å². The highest BCUT2D eigenvalue weighted by atomic mass is 35.5. The molecule has 0 saturated carbocycles. The molecule has 1 amide bonds. The van der Waals surface area contributed by atoms with Crippen molar-refractivity contribution in [1.29, 1.82) is 0 Å². The van der Waals surface area contributed by atoms with Crippen molar-refractivity contribution in [2.45, 2.75) is 20.8 Å². The first-order valence-corrected chi connectivity index (χ1v) is 6.57. The van der Waals surface area contributed by atoms with Crippen molar-refractivity contribution in [3.63, 3.8) is 0 Å². The van der Waals surface area contributed by atoms with Gasteiger partial charge in [-0.2, -0.15) is 0 Å². The van der Waals surface area contributed by atoms with E-state index >= 15 is 0 Å². The Kier molecular flexibility index (Phi) is 3.95. The Labute approximate surface area is 123 Å². The number of halogens is 1. The number of pyridine rings is 1. The summed E-state index contributed by atoms with van der Waals surface area (Å²) in [6.07, 6.45) is 1.60. The summed E-state index contributed by atoms with van der Waals surface area (Å²) in [5.41, 5.74) is 10.2. The molecule has 0 atom stereocenters. The molecule has 0 radical (unpaired) electrons. The predicted octanol–water partition coefficient (Wildman–Crippen LogP) is 3.49. The molecule has 0 aliphatic carbocycles.